The fraction of sp³-hybridized carbons (Fsp3) is 0.429. The molecule has 0 fully saturated rings. The first-order valence-corrected chi connectivity index (χ1v) is 7.61. The van der Waals surface area contributed by atoms with Crippen molar-refractivity contribution in [2.75, 3.05) is 19.8 Å². The van der Waals surface area contributed by atoms with Gasteiger partial charge in [-0.25, -0.2) is 19.4 Å². The number of aromatic nitrogens is 1. The topological polar surface area (TPSA) is 112 Å². The largest absolute Gasteiger partial charge is 0.504 e. The van der Waals surface area contributed by atoms with E-state index in [2.05, 4.69) is 20.9 Å². The van der Waals surface area contributed by atoms with Crippen LogP contribution in [0.4, 0.5) is 0 Å². The maximum atomic E-state index is 12.2. The Morgan fingerprint density at radius 2 is 1.35 bits per heavy atom. The van der Waals surface area contributed by atoms with E-state index in [1.54, 1.807) is 20.8 Å². The van der Waals surface area contributed by atoms with Crippen molar-refractivity contribution in [1.29, 1.82) is 0 Å². The van der Waals surface area contributed by atoms with E-state index >= 15 is 0 Å². The zero-order chi connectivity index (χ0) is 17.6. The molecule has 0 atom stereocenters. The minimum Gasteiger partial charge on any atom is -0.504 e. The third kappa shape index (κ3) is 4.19. The summed E-state index contributed by atoms with van der Waals surface area (Å²) in [5.41, 5.74) is -1.45. The van der Waals surface area contributed by atoms with E-state index in [-0.39, 0.29) is 24.4 Å². The van der Waals surface area contributed by atoms with E-state index in [0.29, 0.717) is 0 Å². The van der Waals surface area contributed by atoms with Crippen LogP contribution < -0.4 is 0 Å². The van der Waals surface area contributed by atoms with Crippen LogP contribution >= 0.6 is 15.9 Å². The Hall–Kier alpha value is -2.16. The molecular weight excluding hydrogens is 374 g/mol. The molecule has 1 aromatic rings. The van der Waals surface area contributed by atoms with Gasteiger partial charge in [0.2, 0.25) is 0 Å². The van der Waals surface area contributed by atoms with E-state index in [1.807, 2.05) is 0 Å². The molecule has 1 heterocycles. The fourth-order valence-electron chi connectivity index (χ4n) is 1.70. The lowest BCUT2D eigenvalue weighted by Crippen LogP contribution is -2.22. The number of aromatic hydroxyl groups is 1. The van der Waals surface area contributed by atoms with Crippen LogP contribution in [0.15, 0.2) is 4.60 Å². The first-order valence-electron chi connectivity index (χ1n) is 6.82. The van der Waals surface area contributed by atoms with E-state index in [9.17, 15) is 19.5 Å². The minimum absolute atomic E-state index is 0.000188. The van der Waals surface area contributed by atoms with Gasteiger partial charge < -0.3 is 19.3 Å². The number of esters is 3. The van der Waals surface area contributed by atoms with Crippen molar-refractivity contribution in [3.8, 4) is 5.75 Å². The first kappa shape index (κ1) is 18.9. The van der Waals surface area contributed by atoms with Crippen molar-refractivity contribution >= 4 is 33.8 Å². The normalized spacial score (nSPS) is 10.1. The summed E-state index contributed by atoms with van der Waals surface area (Å²) < 4.78 is 14.3. The number of nitrogens with zero attached hydrogens (tertiary/aromatic N) is 1. The van der Waals surface area contributed by atoms with Crippen molar-refractivity contribution in [3.63, 3.8) is 0 Å². The van der Waals surface area contributed by atoms with Gasteiger partial charge in [-0.15, -0.1) is 0 Å². The van der Waals surface area contributed by atoms with Crippen LogP contribution in [0, 0.1) is 0 Å². The van der Waals surface area contributed by atoms with Crippen LogP contribution in [-0.2, 0) is 14.2 Å². The third-order valence-corrected chi connectivity index (χ3v) is 3.11. The maximum Gasteiger partial charge on any atom is 0.357 e. The smallest absolute Gasteiger partial charge is 0.357 e. The van der Waals surface area contributed by atoms with Gasteiger partial charge in [0.1, 0.15) is 15.7 Å². The molecule has 0 aliphatic heterocycles. The summed E-state index contributed by atoms with van der Waals surface area (Å²) in [5.74, 6) is -3.53. The van der Waals surface area contributed by atoms with Gasteiger partial charge in [0.25, 0.3) is 0 Å². The molecule has 0 bridgehead atoms. The molecule has 1 rings (SSSR count). The van der Waals surface area contributed by atoms with E-state index in [1.165, 1.54) is 0 Å². The molecular formula is C14H16BrNO7. The summed E-state index contributed by atoms with van der Waals surface area (Å²) in [5, 5.41) is 10.1. The number of rotatable bonds is 6. The van der Waals surface area contributed by atoms with Gasteiger partial charge in [-0.3, -0.25) is 0 Å². The molecule has 8 nitrogen and oxygen atoms in total. The predicted octanol–water partition coefficient (Wildman–Crippen LogP) is 2.08. The Kier molecular flexibility index (Phi) is 6.95. The van der Waals surface area contributed by atoms with Gasteiger partial charge in [0, 0.05) is 0 Å². The highest BCUT2D eigenvalue weighted by molar-refractivity contribution is 9.10. The molecule has 0 unspecified atom stereocenters. The van der Waals surface area contributed by atoms with Gasteiger partial charge >= 0.3 is 17.9 Å². The zero-order valence-corrected chi connectivity index (χ0v) is 14.4. The van der Waals surface area contributed by atoms with Crippen LogP contribution in [-0.4, -0.2) is 47.8 Å². The highest BCUT2D eigenvalue weighted by Gasteiger charge is 2.33. The summed E-state index contributed by atoms with van der Waals surface area (Å²) in [6, 6.07) is 0. The van der Waals surface area contributed by atoms with Crippen LogP contribution in [0.2, 0.25) is 0 Å². The maximum absolute atomic E-state index is 12.2. The second-order valence-electron chi connectivity index (χ2n) is 4.01. The Morgan fingerprint density at radius 1 is 0.913 bits per heavy atom. The molecule has 0 aromatic carbocycles. The standard InChI is InChI=1S/C14H16BrNO7/c1-4-21-12(18)7-8(13(19)22-5-2)10(17)11(15)16-9(7)14(20)23-6-3/h17H,4-6H2,1-3H3. The number of hydrogen-bond donors (Lipinski definition) is 1. The summed E-state index contributed by atoms with van der Waals surface area (Å²) in [6.07, 6.45) is 0. The lowest BCUT2D eigenvalue weighted by atomic mass is 10.1. The molecule has 1 N–H and O–H groups in total. The van der Waals surface area contributed by atoms with Crippen molar-refractivity contribution in [2.45, 2.75) is 20.8 Å². The fourth-order valence-corrected chi connectivity index (χ4v) is 2.07. The highest BCUT2D eigenvalue weighted by atomic mass is 79.9. The van der Waals surface area contributed by atoms with Gasteiger partial charge in [-0.05, 0) is 36.7 Å². The van der Waals surface area contributed by atoms with Crippen molar-refractivity contribution < 1.29 is 33.7 Å². The van der Waals surface area contributed by atoms with E-state index < -0.39 is 40.5 Å². The van der Waals surface area contributed by atoms with Crippen LogP contribution in [0.1, 0.15) is 52.0 Å². The van der Waals surface area contributed by atoms with Gasteiger partial charge in [-0.2, -0.15) is 0 Å². The Labute approximate surface area is 140 Å². The van der Waals surface area contributed by atoms with Crippen LogP contribution in [0.3, 0.4) is 0 Å². The van der Waals surface area contributed by atoms with Crippen LogP contribution in [0.25, 0.3) is 0 Å². The van der Waals surface area contributed by atoms with Crippen molar-refractivity contribution in [2.24, 2.45) is 0 Å². The Balaban J connectivity index is 3.66. The minimum atomic E-state index is -0.992. The molecule has 1 aromatic heterocycles. The lowest BCUT2D eigenvalue weighted by Gasteiger charge is -2.14. The number of hydrogen-bond acceptors (Lipinski definition) is 8. The molecule has 0 saturated heterocycles. The molecule has 9 heteroatoms. The monoisotopic (exact) mass is 389 g/mol. The number of carbonyl (C=O) groups excluding carboxylic acids is 3. The average Bonchev–Trinajstić information content (AvgIpc) is 2.49. The third-order valence-electron chi connectivity index (χ3n) is 2.56. The molecule has 0 spiro atoms. The Bertz CT molecular complexity index is 630. The van der Waals surface area contributed by atoms with Gasteiger partial charge in [0.15, 0.2) is 11.4 Å². The molecule has 0 saturated carbocycles. The predicted molar refractivity (Wildman–Crippen MR) is 81.5 cm³/mol. The van der Waals surface area contributed by atoms with E-state index in [4.69, 9.17) is 14.2 Å². The first-order chi connectivity index (χ1) is 10.9. The molecule has 126 valence electrons. The summed E-state index contributed by atoms with van der Waals surface area (Å²) in [7, 11) is 0. The number of ether oxygens (including phenoxy) is 3. The quantitative estimate of drug-likeness (QED) is 0.446. The number of pyridine rings is 1. The Morgan fingerprint density at radius 3 is 1.83 bits per heavy atom. The SMILES string of the molecule is CCOC(=O)c1nc(Br)c(O)c(C(=O)OCC)c1C(=O)OCC. The number of halogens is 1. The lowest BCUT2D eigenvalue weighted by molar-refractivity contribution is 0.0452. The molecule has 0 amide bonds. The van der Waals surface area contributed by atoms with E-state index in [0.717, 1.165) is 0 Å². The highest BCUT2D eigenvalue weighted by Crippen LogP contribution is 2.32. The van der Waals surface area contributed by atoms with Gasteiger partial charge in [-0.1, -0.05) is 0 Å². The second-order valence-corrected chi connectivity index (χ2v) is 4.76. The summed E-state index contributed by atoms with van der Waals surface area (Å²) >= 11 is 2.93. The zero-order valence-electron chi connectivity index (χ0n) is 12.8. The average molecular weight is 390 g/mol. The van der Waals surface area contributed by atoms with Crippen LogP contribution in [0.5, 0.6) is 5.75 Å². The molecule has 0 aliphatic rings. The summed E-state index contributed by atoms with van der Waals surface area (Å²) in [4.78, 5) is 40.1. The molecule has 0 aliphatic carbocycles. The molecule has 0 radical (unpaired) electrons. The van der Waals surface area contributed by atoms with Crippen molar-refractivity contribution in [3.05, 3.63) is 21.4 Å². The summed E-state index contributed by atoms with van der Waals surface area (Å²) in [6.45, 7) is 4.73. The number of carbonyl (C=O) groups is 3. The van der Waals surface area contributed by atoms with Crippen molar-refractivity contribution in [1.82, 2.24) is 4.98 Å². The van der Waals surface area contributed by atoms with Gasteiger partial charge in [0.05, 0.1) is 19.8 Å². The second kappa shape index (κ2) is 8.47. The molecule has 23 heavy (non-hydrogen) atoms.